The molecule has 0 spiro atoms. The lowest BCUT2D eigenvalue weighted by Gasteiger charge is -2.21. The van der Waals surface area contributed by atoms with Gasteiger partial charge in [-0.3, -0.25) is 4.79 Å². The second-order valence-electron chi connectivity index (χ2n) is 3.09. The molecule has 0 bridgehead atoms. The molecule has 2 nitrogen and oxygen atoms in total. The number of ether oxygens (including phenoxy) is 1. The predicted molar refractivity (Wildman–Crippen MR) is 51.3 cm³/mol. The van der Waals surface area contributed by atoms with Gasteiger partial charge in [-0.25, -0.2) is 0 Å². The number of esters is 1. The molecule has 3 heteroatoms. The highest BCUT2D eigenvalue weighted by Gasteiger charge is 2.24. The Kier molecular flexibility index (Phi) is 3.20. The van der Waals surface area contributed by atoms with Crippen molar-refractivity contribution >= 4 is 17.7 Å². The third-order valence-corrected chi connectivity index (χ3v) is 3.55. The summed E-state index contributed by atoms with van der Waals surface area (Å²) in [7, 11) is 1.45. The zero-order chi connectivity index (χ0) is 9.14. The zero-order valence-corrected chi connectivity index (χ0v) is 8.53. The van der Waals surface area contributed by atoms with E-state index in [1.54, 1.807) is 11.8 Å². The van der Waals surface area contributed by atoms with Crippen molar-refractivity contribution in [3.05, 3.63) is 11.1 Å². The standard InChI is InChI=1S/C9H14O2S/c1-6-4-8(9(10)11-3)12-5-7(6)2/h8H,4-5H2,1-3H3. The van der Waals surface area contributed by atoms with Crippen molar-refractivity contribution in [2.24, 2.45) is 0 Å². The fourth-order valence-electron chi connectivity index (χ4n) is 1.14. The molecule has 0 N–H and O–H groups in total. The Bertz CT molecular complexity index is 221. The van der Waals surface area contributed by atoms with Crippen LogP contribution >= 0.6 is 11.8 Å². The van der Waals surface area contributed by atoms with Gasteiger partial charge in [0.05, 0.1) is 7.11 Å². The molecule has 0 aliphatic carbocycles. The summed E-state index contributed by atoms with van der Waals surface area (Å²) >= 11 is 1.68. The molecule has 1 aliphatic rings. The van der Waals surface area contributed by atoms with Crippen molar-refractivity contribution < 1.29 is 9.53 Å². The van der Waals surface area contributed by atoms with E-state index in [0.29, 0.717) is 0 Å². The SMILES string of the molecule is COC(=O)C1CC(C)=C(C)CS1. The maximum atomic E-state index is 11.2. The molecule has 1 heterocycles. The maximum Gasteiger partial charge on any atom is 0.319 e. The third kappa shape index (κ3) is 2.03. The van der Waals surface area contributed by atoms with Crippen LogP contribution in [0.25, 0.3) is 0 Å². The third-order valence-electron chi connectivity index (χ3n) is 2.19. The average molecular weight is 186 g/mol. The normalized spacial score (nSPS) is 24.1. The quantitative estimate of drug-likeness (QED) is 0.463. The van der Waals surface area contributed by atoms with Crippen LogP contribution in [0.2, 0.25) is 0 Å². The first-order valence-electron chi connectivity index (χ1n) is 3.99. The minimum atomic E-state index is -0.0909. The van der Waals surface area contributed by atoms with Crippen LogP contribution in [0.1, 0.15) is 20.3 Å². The van der Waals surface area contributed by atoms with Crippen molar-refractivity contribution in [2.45, 2.75) is 25.5 Å². The monoisotopic (exact) mass is 186 g/mol. The molecule has 0 saturated carbocycles. The molecule has 0 aromatic heterocycles. The maximum absolute atomic E-state index is 11.2. The molecule has 12 heavy (non-hydrogen) atoms. The number of methoxy groups -OCH3 is 1. The van der Waals surface area contributed by atoms with Crippen LogP contribution in [0.5, 0.6) is 0 Å². The van der Waals surface area contributed by atoms with E-state index in [9.17, 15) is 4.79 Å². The van der Waals surface area contributed by atoms with Gasteiger partial charge in [0.15, 0.2) is 0 Å². The van der Waals surface area contributed by atoms with Gasteiger partial charge in [-0.1, -0.05) is 11.1 Å². The molecule has 1 unspecified atom stereocenters. The van der Waals surface area contributed by atoms with Crippen molar-refractivity contribution in [1.82, 2.24) is 0 Å². The molecule has 1 aliphatic heterocycles. The van der Waals surface area contributed by atoms with Crippen LogP contribution in [0, 0.1) is 0 Å². The Morgan fingerprint density at radius 1 is 1.50 bits per heavy atom. The zero-order valence-electron chi connectivity index (χ0n) is 7.72. The van der Waals surface area contributed by atoms with E-state index in [2.05, 4.69) is 13.8 Å². The molecular formula is C9H14O2S. The number of allylic oxidation sites excluding steroid dienone is 1. The highest BCUT2D eigenvalue weighted by molar-refractivity contribution is 8.00. The minimum absolute atomic E-state index is 0.0266. The average Bonchev–Trinajstić information content (AvgIpc) is 2.08. The summed E-state index contributed by atoms with van der Waals surface area (Å²) in [6, 6.07) is 0. The minimum Gasteiger partial charge on any atom is -0.468 e. The molecule has 0 fully saturated rings. The number of thioether (sulfide) groups is 1. The topological polar surface area (TPSA) is 26.3 Å². The van der Waals surface area contributed by atoms with Crippen molar-refractivity contribution in [3.63, 3.8) is 0 Å². The molecule has 1 atom stereocenters. The highest BCUT2D eigenvalue weighted by atomic mass is 32.2. The van der Waals surface area contributed by atoms with Gasteiger partial charge in [-0.15, -0.1) is 11.8 Å². The van der Waals surface area contributed by atoms with E-state index < -0.39 is 0 Å². The summed E-state index contributed by atoms with van der Waals surface area (Å²) in [5.74, 6) is 0.873. The molecule has 68 valence electrons. The van der Waals surface area contributed by atoms with Gasteiger partial charge in [-0.2, -0.15) is 0 Å². The first kappa shape index (κ1) is 9.65. The van der Waals surface area contributed by atoms with Crippen LogP contribution < -0.4 is 0 Å². The number of rotatable bonds is 1. The van der Waals surface area contributed by atoms with Crippen molar-refractivity contribution in [1.29, 1.82) is 0 Å². The van der Waals surface area contributed by atoms with Crippen molar-refractivity contribution in [2.75, 3.05) is 12.9 Å². The lowest BCUT2D eigenvalue weighted by Crippen LogP contribution is -2.22. The van der Waals surface area contributed by atoms with E-state index in [1.165, 1.54) is 18.3 Å². The number of hydrogen-bond donors (Lipinski definition) is 0. The predicted octanol–water partition coefficient (Wildman–Crippen LogP) is 2.00. The van der Waals surface area contributed by atoms with Crippen LogP contribution in [-0.2, 0) is 9.53 Å². The Morgan fingerprint density at radius 2 is 2.17 bits per heavy atom. The second kappa shape index (κ2) is 3.99. The molecule has 0 saturated heterocycles. The molecule has 0 radical (unpaired) electrons. The number of hydrogen-bond acceptors (Lipinski definition) is 3. The van der Waals surface area contributed by atoms with E-state index >= 15 is 0 Å². The van der Waals surface area contributed by atoms with E-state index in [0.717, 1.165) is 12.2 Å². The molecule has 0 aromatic carbocycles. The van der Waals surface area contributed by atoms with Crippen LogP contribution in [0.15, 0.2) is 11.1 Å². The molecular weight excluding hydrogens is 172 g/mol. The molecule has 0 amide bonds. The van der Waals surface area contributed by atoms with Crippen LogP contribution in [-0.4, -0.2) is 24.1 Å². The molecule has 0 aromatic rings. The fourth-order valence-corrected chi connectivity index (χ4v) is 2.44. The molecule has 1 rings (SSSR count). The summed E-state index contributed by atoms with van der Waals surface area (Å²) in [5, 5.41) is 0.0266. The van der Waals surface area contributed by atoms with Gasteiger partial charge < -0.3 is 4.74 Å². The van der Waals surface area contributed by atoms with E-state index in [-0.39, 0.29) is 11.2 Å². The largest absolute Gasteiger partial charge is 0.468 e. The van der Waals surface area contributed by atoms with Gasteiger partial charge in [0, 0.05) is 5.75 Å². The van der Waals surface area contributed by atoms with E-state index in [1.807, 2.05) is 0 Å². The smallest absolute Gasteiger partial charge is 0.319 e. The van der Waals surface area contributed by atoms with Crippen LogP contribution in [0.3, 0.4) is 0 Å². The number of carbonyl (C=O) groups is 1. The summed E-state index contributed by atoms with van der Waals surface area (Å²) in [6.45, 7) is 4.21. The summed E-state index contributed by atoms with van der Waals surface area (Å²) < 4.78 is 4.69. The van der Waals surface area contributed by atoms with E-state index in [4.69, 9.17) is 4.74 Å². The van der Waals surface area contributed by atoms with Gasteiger partial charge in [0.2, 0.25) is 0 Å². The van der Waals surface area contributed by atoms with Gasteiger partial charge in [-0.05, 0) is 20.3 Å². The Balaban J connectivity index is 2.60. The first-order chi connectivity index (χ1) is 5.65. The second-order valence-corrected chi connectivity index (χ2v) is 4.28. The summed E-state index contributed by atoms with van der Waals surface area (Å²) in [5.41, 5.74) is 2.74. The fraction of sp³-hybridized carbons (Fsp3) is 0.667. The summed E-state index contributed by atoms with van der Waals surface area (Å²) in [6.07, 6.45) is 0.850. The summed E-state index contributed by atoms with van der Waals surface area (Å²) in [4.78, 5) is 11.2. The Morgan fingerprint density at radius 3 is 2.67 bits per heavy atom. The van der Waals surface area contributed by atoms with Gasteiger partial charge >= 0.3 is 5.97 Å². The Hall–Kier alpha value is -0.440. The lowest BCUT2D eigenvalue weighted by molar-refractivity contribution is -0.139. The van der Waals surface area contributed by atoms with Crippen molar-refractivity contribution in [3.8, 4) is 0 Å². The first-order valence-corrected chi connectivity index (χ1v) is 5.04. The Labute approximate surface area is 77.4 Å². The lowest BCUT2D eigenvalue weighted by atomic mass is 10.1. The van der Waals surface area contributed by atoms with Gasteiger partial charge in [0.25, 0.3) is 0 Å². The number of carbonyl (C=O) groups excluding carboxylic acids is 1. The van der Waals surface area contributed by atoms with Crippen LogP contribution in [0.4, 0.5) is 0 Å². The van der Waals surface area contributed by atoms with Gasteiger partial charge in [0.1, 0.15) is 5.25 Å². The highest BCUT2D eigenvalue weighted by Crippen LogP contribution is 2.29.